The molecule has 2 rings (SSSR count). The van der Waals surface area contributed by atoms with Gasteiger partial charge in [0.2, 0.25) is 0 Å². The highest BCUT2D eigenvalue weighted by atomic mass is 15.3. The van der Waals surface area contributed by atoms with Crippen molar-refractivity contribution in [1.29, 1.82) is 0 Å². The first kappa shape index (κ1) is 16.2. The molecule has 0 unspecified atom stereocenters. The molecule has 4 heteroatoms. The van der Waals surface area contributed by atoms with E-state index >= 15 is 0 Å². The van der Waals surface area contributed by atoms with Gasteiger partial charge < -0.3 is 5.32 Å². The molecule has 0 bridgehead atoms. The average molecular weight is 290 g/mol. The molecule has 0 atom stereocenters. The number of hydrogen-bond acceptors (Lipinski definition) is 4. The molecule has 1 saturated heterocycles. The Morgan fingerprint density at radius 1 is 1.19 bits per heavy atom. The Morgan fingerprint density at radius 2 is 1.90 bits per heavy atom. The Kier molecular flexibility index (Phi) is 5.59. The fraction of sp³-hybridized carbons (Fsp3) is 0.706. The maximum Gasteiger partial charge on any atom is 0.0564 e. The summed E-state index contributed by atoms with van der Waals surface area (Å²) in [5, 5.41) is 3.43. The molecule has 1 fully saturated rings. The van der Waals surface area contributed by atoms with Gasteiger partial charge >= 0.3 is 0 Å². The van der Waals surface area contributed by atoms with Gasteiger partial charge in [0.05, 0.1) is 5.69 Å². The first-order chi connectivity index (χ1) is 9.99. The van der Waals surface area contributed by atoms with E-state index in [9.17, 15) is 0 Å². The fourth-order valence-corrected chi connectivity index (χ4v) is 2.75. The third-order valence-corrected chi connectivity index (χ3v) is 4.10. The fourth-order valence-electron chi connectivity index (χ4n) is 2.75. The lowest BCUT2D eigenvalue weighted by Crippen LogP contribution is -2.53. The van der Waals surface area contributed by atoms with Crippen molar-refractivity contribution in [2.24, 2.45) is 0 Å². The molecule has 21 heavy (non-hydrogen) atoms. The summed E-state index contributed by atoms with van der Waals surface area (Å²) in [6.45, 7) is 15.6. The van der Waals surface area contributed by atoms with Gasteiger partial charge in [-0.3, -0.25) is 14.8 Å². The van der Waals surface area contributed by atoms with Gasteiger partial charge in [-0.1, -0.05) is 6.92 Å². The minimum Gasteiger partial charge on any atom is -0.385 e. The van der Waals surface area contributed by atoms with E-state index in [1.165, 1.54) is 11.4 Å². The van der Waals surface area contributed by atoms with E-state index in [2.05, 4.69) is 59.9 Å². The molecule has 0 spiro atoms. The van der Waals surface area contributed by atoms with Gasteiger partial charge in [-0.25, -0.2) is 0 Å². The van der Waals surface area contributed by atoms with Gasteiger partial charge in [0.1, 0.15) is 0 Å². The van der Waals surface area contributed by atoms with Crippen LogP contribution in [0.1, 0.15) is 39.8 Å². The van der Waals surface area contributed by atoms with Crippen LogP contribution in [0.4, 0.5) is 5.69 Å². The zero-order chi connectivity index (χ0) is 15.3. The maximum absolute atomic E-state index is 4.51. The van der Waals surface area contributed by atoms with Crippen LogP contribution in [0.5, 0.6) is 0 Å². The Bertz CT molecular complexity index is 431. The van der Waals surface area contributed by atoms with E-state index in [1.807, 2.05) is 6.20 Å². The topological polar surface area (TPSA) is 31.4 Å². The largest absolute Gasteiger partial charge is 0.385 e. The van der Waals surface area contributed by atoms with Gasteiger partial charge in [0.25, 0.3) is 0 Å². The van der Waals surface area contributed by atoms with Crippen LogP contribution in [0.2, 0.25) is 0 Å². The number of pyridine rings is 1. The lowest BCUT2D eigenvalue weighted by Gasteiger charge is -2.42. The summed E-state index contributed by atoms with van der Waals surface area (Å²) in [6.07, 6.45) is 3.06. The molecule has 4 nitrogen and oxygen atoms in total. The second kappa shape index (κ2) is 7.23. The zero-order valence-corrected chi connectivity index (χ0v) is 14.0. The smallest absolute Gasteiger partial charge is 0.0564 e. The number of rotatable bonds is 5. The molecule has 0 amide bonds. The minimum absolute atomic E-state index is 0.286. The first-order valence-electron chi connectivity index (χ1n) is 8.15. The predicted molar refractivity (Wildman–Crippen MR) is 89.6 cm³/mol. The van der Waals surface area contributed by atoms with Crippen molar-refractivity contribution in [2.45, 2.75) is 46.2 Å². The van der Waals surface area contributed by atoms with E-state index in [0.717, 1.165) is 45.7 Å². The summed E-state index contributed by atoms with van der Waals surface area (Å²) in [5.41, 5.74) is 2.64. The van der Waals surface area contributed by atoms with Gasteiger partial charge in [-0.15, -0.1) is 0 Å². The zero-order valence-electron chi connectivity index (χ0n) is 14.0. The number of piperazine rings is 1. The normalized spacial score (nSPS) is 17.9. The van der Waals surface area contributed by atoms with Gasteiger partial charge in [-0.05, 0) is 39.3 Å². The van der Waals surface area contributed by atoms with Crippen molar-refractivity contribution in [2.75, 3.05) is 38.0 Å². The Balaban J connectivity index is 1.86. The minimum atomic E-state index is 0.286. The molecule has 1 aliphatic rings. The summed E-state index contributed by atoms with van der Waals surface area (Å²) in [5.74, 6) is 0. The number of hydrogen-bond donors (Lipinski definition) is 1. The molecule has 1 aliphatic heterocycles. The molecule has 2 heterocycles. The number of aromatic nitrogens is 1. The van der Waals surface area contributed by atoms with Crippen molar-refractivity contribution in [3.05, 3.63) is 24.0 Å². The quantitative estimate of drug-likeness (QED) is 0.903. The third-order valence-electron chi connectivity index (χ3n) is 4.10. The van der Waals surface area contributed by atoms with Crippen LogP contribution in [-0.4, -0.2) is 53.0 Å². The predicted octanol–water partition coefficient (Wildman–Crippen LogP) is 2.82. The summed E-state index contributed by atoms with van der Waals surface area (Å²) < 4.78 is 0. The molecular formula is C17H30N4. The van der Waals surface area contributed by atoms with Crippen LogP contribution >= 0.6 is 0 Å². The van der Waals surface area contributed by atoms with Crippen LogP contribution < -0.4 is 5.32 Å². The molecular weight excluding hydrogens is 260 g/mol. The molecule has 0 saturated carbocycles. The third kappa shape index (κ3) is 4.97. The summed E-state index contributed by atoms with van der Waals surface area (Å²) in [6, 6.07) is 4.24. The van der Waals surface area contributed by atoms with Crippen molar-refractivity contribution in [1.82, 2.24) is 14.8 Å². The average Bonchev–Trinajstić information content (AvgIpc) is 2.45. The molecule has 1 aromatic rings. The number of nitrogens with one attached hydrogen (secondary N) is 1. The van der Waals surface area contributed by atoms with Crippen LogP contribution in [0, 0.1) is 0 Å². The van der Waals surface area contributed by atoms with Crippen molar-refractivity contribution >= 4 is 5.69 Å². The van der Waals surface area contributed by atoms with Crippen molar-refractivity contribution < 1.29 is 0 Å². The number of nitrogens with zero attached hydrogens (tertiary/aromatic N) is 3. The summed E-state index contributed by atoms with van der Waals surface area (Å²) in [7, 11) is 0. The molecule has 118 valence electrons. The highest BCUT2D eigenvalue weighted by Gasteiger charge is 2.25. The van der Waals surface area contributed by atoms with Crippen LogP contribution in [0.15, 0.2) is 18.3 Å². The second-order valence-corrected chi connectivity index (χ2v) is 6.90. The Morgan fingerprint density at radius 3 is 2.52 bits per heavy atom. The highest BCUT2D eigenvalue weighted by Crippen LogP contribution is 2.17. The lowest BCUT2D eigenvalue weighted by atomic mass is 10.0. The van der Waals surface area contributed by atoms with Crippen molar-refractivity contribution in [3.63, 3.8) is 0 Å². The van der Waals surface area contributed by atoms with E-state index < -0.39 is 0 Å². The molecule has 0 radical (unpaired) electrons. The Labute approximate surface area is 129 Å². The molecule has 0 aromatic carbocycles. The summed E-state index contributed by atoms with van der Waals surface area (Å²) in [4.78, 5) is 9.59. The maximum atomic E-state index is 4.51. The van der Waals surface area contributed by atoms with E-state index in [0.29, 0.717) is 0 Å². The molecule has 0 aliphatic carbocycles. The van der Waals surface area contributed by atoms with Crippen molar-refractivity contribution in [3.8, 4) is 0 Å². The lowest BCUT2D eigenvalue weighted by molar-refractivity contribution is 0.0586. The standard InChI is InChI=1S/C17H30N4/c1-5-7-18-15-6-8-19-16(13-15)14-20-9-11-21(12-10-20)17(2,3)4/h6,8,13H,5,7,9-12,14H2,1-4H3,(H,18,19). The van der Waals surface area contributed by atoms with Crippen LogP contribution in [-0.2, 0) is 6.54 Å². The van der Waals surface area contributed by atoms with Crippen LogP contribution in [0.3, 0.4) is 0 Å². The second-order valence-electron chi connectivity index (χ2n) is 6.90. The molecule has 1 N–H and O–H groups in total. The van der Waals surface area contributed by atoms with E-state index in [4.69, 9.17) is 0 Å². The van der Waals surface area contributed by atoms with E-state index in [1.54, 1.807) is 0 Å². The SMILES string of the molecule is CCCNc1ccnc(CN2CCN(C(C)(C)C)CC2)c1. The van der Waals surface area contributed by atoms with Gasteiger partial charge in [0.15, 0.2) is 0 Å². The highest BCUT2D eigenvalue weighted by molar-refractivity contribution is 5.43. The monoisotopic (exact) mass is 290 g/mol. The van der Waals surface area contributed by atoms with Gasteiger partial charge in [0, 0.05) is 56.7 Å². The summed E-state index contributed by atoms with van der Waals surface area (Å²) >= 11 is 0. The van der Waals surface area contributed by atoms with Gasteiger partial charge in [-0.2, -0.15) is 0 Å². The van der Waals surface area contributed by atoms with Crippen LogP contribution in [0.25, 0.3) is 0 Å². The van der Waals surface area contributed by atoms with E-state index in [-0.39, 0.29) is 5.54 Å². The first-order valence-corrected chi connectivity index (χ1v) is 8.15. The number of anilines is 1. The molecule has 1 aromatic heterocycles. The Hall–Kier alpha value is -1.13.